The Morgan fingerprint density at radius 1 is 1.31 bits per heavy atom. The minimum atomic E-state index is -0.165. The first-order valence-corrected chi connectivity index (χ1v) is 6.82. The maximum absolute atomic E-state index is 12.7. The molecule has 0 heterocycles. The van der Waals surface area contributed by atoms with E-state index < -0.39 is 0 Å². The summed E-state index contributed by atoms with van der Waals surface area (Å²) in [5.74, 6) is 0.908. The number of benzene rings is 1. The summed E-state index contributed by atoms with van der Waals surface area (Å²) in [6, 6.07) is 7.27. The molecule has 0 spiro atoms. The van der Waals surface area contributed by atoms with Crippen molar-refractivity contribution < 1.29 is 4.39 Å². The van der Waals surface area contributed by atoms with Crippen LogP contribution in [0.1, 0.15) is 26.7 Å². The van der Waals surface area contributed by atoms with Gasteiger partial charge in [0.25, 0.3) is 0 Å². The minimum absolute atomic E-state index is 0.165. The fraction of sp³-hybridized carbons (Fsp3) is 0.538. The Hall–Kier alpha value is -0.540. The van der Waals surface area contributed by atoms with Crippen molar-refractivity contribution in [3.8, 4) is 0 Å². The molecule has 0 aliphatic heterocycles. The first kappa shape index (κ1) is 13.5. The fourth-order valence-corrected chi connectivity index (χ4v) is 2.41. The Balaban J connectivity index is 2.17. The maximum Gasteiger partial charge on any atom is 0.123 e. The van der Waals surface area contributed by atoms with Crippen LogP contribution in [-0.2, 0) is 0 Å². The average Bonchev–Trinajstić information content (AvgIpc) is 2.29. The van der Waals surface area contributed by atoms with E-state index in [9.17, 15) is 4.39 Å². The van der Waals surface area contributed by atoms with Crippen molar-refractivity contribution in [2.45, 2.75) is 37.6 Å². The molecule has 0 aromatic heterocycles. The van der Waals surface area contributed by atoms with E-state index in [1.165, 1.54) is 18.6 Å². The predicted molar refractivity (Wildman–Crippen MR) is 69.5 cm³/mol. The lowest BCUT2D eigenvalue weighted by molar-refractivity contribution is 0.536. The van der Waals surface area contributed by atoms with Gasteiger partial charge in [0.1, 0.15) is 5.82 Å². The van der Waals surface area contributed by atoms with Crippen LogP contribution < -0.4 is 5.32 Å². The summed E-state index contributed by atoms with van der Waals surface area (Å²) < 4.78 is 12.7. The molecule has 1 aromatic rings. The topological polar surface area (TPSA) is 12.0 Å². The molecule has 0 saturated carbocycles. The molecule has 0 amide bonds. The third-order valence-corrected chi connectivity index (χ3v) is 3.42. The lowest BCUT2D eigenvalue weighted by Crippen LogP contribution is -2.27. The number of rotatable bonds is 7. The number of thioether (sulfide) groups is 1. The van der Waals surface area contributed by atoms with Crippen LogP contribution in [0.5, 0.6) is 0 Å². The molecule has 16 heavy (non-hydrogen) atoms. The van der Waals surface area contributed by atoms with E-state index in [4.69, 9.17) is 0 Å². The van der Waals surface area contributed by atoms with E-state index in [0.29, 0.717) is 6.04 Å². The van der Waals surface area contributed by atoms with Crippen molar-refractivity contribution in [3.05, 3.63) is 30.1 Å². The van der Waals surface area contributed by atoms with Crippen molar-refractivity contribution in [1.29, 1.82) is 0 Å². The van der Waals surface area contributed by atoms with Gasteiger partial charge >= 0.3 is 0 Å². The summed E-state index contributed by atoms with van der Waals surface area (Å²) in [4.78, 5) is 1.14. The first-order chi connectivity index (χ1) is 7.72. The molecule has 3 heteroatoms. The SMILES string of the molecule is CCCNC(C)CCSc1ccc(F)cc1. The lowest BCUT2D eigenvalue weighted by atomic mass is 10.2. The molecular weight excluding hydrogens is 221 g/mol. The summed E-state index contributed by atoms with van der Waals surface area (Å²) in [6.45, 7) is 5.47. The van der Waals surface area contributed by atoms with Gasteiger partial charge in [-0.15, -0.1) is 11.8 Å². The lowest BCUT2D eigenvalue weighted by Gasteiger charge is -2.12. The second-order valence-electron chi connectivity index (χ2n) is 3.95. The van der Waals surface area contributed by atoms with Crippen molar-refractivity contribution in [2.24, 2.45) is 0 Å². The van der Waals surface area contributed by atoms with Gasteiger partial charge in [-0.05, 0) is 56.3 Å². The summed E-state index contributed by atoms with van der Waals surface area (Å²) in [5.41, 5.74) is 0. The van der Waals surface area contributed by atoms with E-state index in [0.717, 1.165) is 23.6 Å². The molecule has 1 aromatic carbocycles. The van der Waals surface area contributed by atoms with E-state index in [-0.39, 0.29) is 5.82 Å². The van der Waals surface area contributed by atoms with Crippen LogP contribution in [0.3, 0.4) is 0 Å². The van der Waals surface area contributed by atoms with Gasteiger partial charge in [-0.25, -0.2) is 4.39 Å². The number of hydrogen-bond acceptors (Lipinski definition) is 2. The zero-order chi connectivity index (χ0) is 11.8. The van der Waals surface area contributed by atoms with Crippen LogP contribution in [0.15, 0.2) is 29.2 Å². The van der Waals surface area contributed by atoms with Crippen molar-refractivity contribution in [1.82, 2.24) is 5.32 Å². The van der Waals surface area contributed by atoms with Gasteiger partial charge in [-0.3, -0.25) is 0 Å². The highest BCUT2D eigenvalue weighted by Gasteiger charge is 2.01. The molecule has 0 aliphatic carbocycles. The predicted octanol–water partition coefficient (Wildman–Crippen LogP) is 3.70. The van der Waals surface area contributed by atoms with Crippen LogP contribution in [0.25, 0.3) is 0 Å². The maximum atomic E-state index is 12.7. The van der Waals surface area contributed by atoms with Gasteiger partial charge in [0.15, 0.2) is 0 Å². The van der Waals surface area contributed by atoms with Crippen molar-refractivity contribution in [3.63, 3.8) is 0 Å². The minimum Gasteiger partial charge on any atom is -0.314 e. The summed E-state index contributed by atoms with van der Waals surface area (Å²) in [5, 5.41) is 3.45. The Kier molecular flexibility index (Phi) is 6.50. The standard InChI is InChI=1S/C13H20FNS/c1-3-9-15-11(2)8-10-16-13-6-4-12(14)5-7-13/h4-7,11,15H,3,8-10H2,1-2H3. The second-order valence-corrected chi connectivity index (χ2v) is 5.11. The van der Waals surface area contributed by atoms with Crippen LogP contribution in [0.4, 0.5) is 4.39 Å². The number of nitrogens with one attached hydrogen (secondary N) is 1. The largest absolute Gasteiger partial charge is 0.314 e. The van der Waals surface area contributed by atoms with Crippen molar-refractivity contribution >= 4 is 11.8 Å². The van der Waals surface area contributed by atoms with Crippen LogP contribution in [0, 0.1) is 5.82 Å². The van der Waals surface area contributed by atoms with E-state index >= 15 is 0 Å². The number of hydrogen-bond donors (Lipinski definition) is 1. The summed E-state index contributed by atoms with van der Waals surface area (Å²) in [7, 11) is 0. The first-order valence-electron chi connectivity index (χ1n) is 5.84. The molecule has 0 fully saturated rings. The van der Waals surface area contributed by atoms with Crippen molar-refractivity contribution in [2.75, 3.05) is 12.3 Å². The third kappa shape index (κ3) is 5.52. The van der Waals surface area contributed by atoms with Crippen LogP contribution >= 0.6 is 11.8 Å². The van der Waals surface area contributed by atoms with Crippen LogP contribution in [-0.4, -0.2) is 18.3 Å². The smallest absolute Gasteiger partial charge is 0.123 e. The average molecular weight is 241 g/mol. The van der Waals surface area contributed by atoms with Gasteiger partial charge in [0.05, 0.1) is 0 Å². The van der Waals surface area contributed by atoms with Gasteiger partial charge in [-0.1, -0.05) is 6.92 Å². The zero-order valence-corrected chi connectivity index (χ0v) is 10.8. The highest BCUT2D eigenvalue weighted by molar-refractivity contribution is 7.99. The molecule has 1 N–H and O–H groups in total. The molecule has 0 radical (unpaired) electrons. The Bertz CT molecular complexity index is 286. The molecule has 1 nitrogen and oxygen atoms in total. The Morgan fingerprint density at radius 3 is 2.62 bits per heavy atom. The summed E-state index contributed by atoms with van der Waals surface area (Å²) in [6.07, 6.45) is 2.32. The normalized spacial score (nSPS) is 12.7. The molecule has 0 aliphatic rings. The molecule has 0 saturated heterocycles. The quantitative estimate of drug-likeness (QED) is 0.731. The molecular formula is C13H20FNS. The zero-order valence-electron chi connectivity index (χ0n) is 10.0. The Morgan fingerprint density at radius 2 is 2.00 bits per heavy atom. The van der Waals surface area contributed by atoms with Gasteiger partial charge in [0.2, 0.25) is 0 Å². The van der Waals surface area contributed by atoms with E-state index in [2.05, 4.69) is 19.2 Å². The second kappa shape index (κ2) is 7.69. The van der Waals surface area contributed by atoms with E-state index in [1.54, 1.807) is 11.8 Å². The van der Waals surface area contributed by atoms with Gasteiger partial charge in [0, 0.05) is 10.9 Å². The molecule has 1 unspecified atom stereocenters. The molecule has 1 rings (SSSR count). The highest BCUT2D eigenvalue weighted by atomic mass is 32.2. The van der Waals surface area contributed by atoms with E-state index in [1.807, 2.05) is 12.1 Å². The molecule has 90 valence electrons. The number of halogens is 1. The third-order valence-electron chi connectivity index (χ3n) is 2.38. The molecule has 0 bridgehead atoms. The monoisotopic (exact) mass is 241 g/mol. The molecule has 1 atom stereocenters. The summed E-state index contributed by atoms with van der Waals surface area (Å²) >= 11 is 1.78. The van der Waals surface area contributed by atoms with Crippen LogP contribution in [0.2, 0.25) is 0 Å². The van der Waals surface area contributed by atoms with Gasteiger partial charge < -0.3 is 5.32 Å². The van der Waals surface area contributed by atoms with Gasteiger partial charge in [-0.2, -0.15) is 0 Å². The Labute approximate surface area is 102 Å². The fourth-order valence-electron chi connectivity index (χ4n) is 1.38. The highest BCUT2D eigenvalue weighted by Crippen LogP contribution is 2.19.